The van der Waals surface area contributed by atoms with Gasteiger partial charge in [-0.05, 0) is 25.5 Å². The summed E-state index contributed by atoms with van der Waals surface area (Å²) in [6.07, 6.45) is 3.79. The van der Waals surface area contributed by atoms with Crippen LogP contribution in [0.1, 0.15) is 26.1 Å². The van der Waals surface area contributed by atoms with Crippen molar-refractivity contribution in [3.63, 3.8) is 0 Å². The Balaban J connectivity index is 0.00000261. The van der Waals surface area contributed by atoms with Crippen LogP contribution in [0.25, 0.3) is 0 Å². The van der Waals surface area contributed by atoms with Crippen molar-refractivity contribution < 1.29 is 0 Å². The number of hydrogen-bond donors (Lipinski definition) is 2. The third kappa shape index (κ3) is 6.08. The van der Waals surface area contributed by atoms with Crippen molar-refractivity contribution in [1.82, 2.24) is 25.4 Å². The summed E-state index contributed by atoms with van der Waals surface area (Å²) in [5.41, 5.74) is 1.29. The number of para-hydroxylation sites is 1. The highest BCUT2D eigenvalue weighted by atomic mass is 127. The number of anilines is 1. The van der Waals surface area contributed by atoms with Gasteiger partial charge >= 0.3 is 0 Å². The van der Waals surface area contributed by atoms with Crippen LogP contribution in [-0.4, -0.2) is 52.9 Å². The summed E-state index contributed by atoms with van der Waals surface area (Å²) in [6.45, 7) is 8.61. The molecule has 1 atom stereocenters. The normalized spacial score (nSPS) is 16.9. The van der Waals surface area contributed by atoms with Gasteiger partial charge in [-0.25, -0.2) is 0 Å². The summed E-state index contributed by atoms with van der Waals surface area (Å²) in [5.74, 6) is 1.89. The van der Waals surface area contributed by atoms with Crippen molar-refractivity contribution in [3.8, 4) is 0 Å². The van der Waals surface area contributed by atoms with Crippen LogP contribution in [0.2, 0.25) is 0 Å². The van der Waals surface area contributed by atoms with E-state index in [4.69, 9.17) is 4.99 Å². The average Bonchev–Trinajstić information content (AvgIpc) is 3.32. The fourth-order valence-electron chi connectivity index (χ4n) is 3.27. The molecule has 0 radical (unpaired) electrons. The van der Waals surface area contributed by atoms with E-state index < -0.39 is 0 Å². The third-order valence-electron chi connectivity index (χ3n) is 4.62. The molecule has 0 amide bonds. The maximum atomic E-state index is 4.72. The van der Waals surface area contributed by atoms with Crippen LogP contribution in [0.15, 0.2) is 41.7 Å². The highest BCUT2D eigenvalue weighted by molar-refractivity contribution is 14.0. The maximum absolute atomic E-state index is 4.72. The van der Waals surface area contributed by atoms with Gasteiger partial charge < -0.3 is 20.1 Å². The van der Waals surface area contributed by atoms with Gasteiger partial charge in [-0.3, -0.25) is 4.99 Å². The molecular weight excluding hydrogens is 453 g/mol. The molecular formula is C19H30IN7. The first-order valence-electron chi connectivity index (χ1n) is 9.51. The van der Waals surface area contributed by atoms with Gasteiger partial charge in [-0.2, -0.15) is 0 Å². The number of halogens is 1. The Morgan fingerprint density at radius 3 is 2.81 bits per heavy atom. The molecule has 0 spiro atoms. The monoisotopic (exact) mass is 483 g/mol. The molecule has 1 unspecified atom stereocenters. The Hall–Kier alpha value is -1.84. The summed E-state index contributed by atoms with van der Waals surface area (Å²) in [6, 6.07) is 11.0. The number of nitrogens with zero attached hydrogens (tertiary/aromatic N) is 5. The minimum Gasteiger partial charge on any atom is -0.369 e. The maximum Gasteiger partial charge on any atom is 0.191 e. The minimum absolute atomic E-state index is 0. The zero-order valence-corrected chi connectivity index (χ0v) is 18.5. The molecule has 27 heavy (non-hydrogen) atoms. The molecule has 7 nitrogen and oxygen atoms in total. The van der Waals surface area contributed by atoms with E-state index in [0.29, 0.717) is 12.6 Å². The zero-order valence-electron chi connectivity index (χ0n) is 16.1. The third-order valence-corrected chi connectivity index (χ3v) is 4.62. The van der Waals surface area contributed by atoms with Gasteiger partial charge in [0.05, 0.1) is 6.54 Å². The number of aryl methyl sites for hydroxylation is 1. The smallest absolute Gasteiger partial charge is 0.191 e. The number of hydrogen-bond acceptors (Lipinski definition) is 4. The number of guanidine groups is 1. The molecule has 2 N–H and O–H groups in total. The Bertz CT molecular complexity index is 701. The number of aromatic nitrogens is 3. The quantitative estimate of drug-likeness (QED) is 0.360. The lowest BCUT2D eigenvalue weighted by Crippen LogP contribution is -2.44. The highest BCUT2D eigenvalue weighted by Crippen LogP contribution is 2.19. The van der Waals surface area contributed by atoms with Crippen LogP contribution in [0.4, 0.5) is 5.69 Å². The average molecular weight is 483 g/mol. The predicted molar refractivity (Wildman–Crippen MR) is 121 cm³/mol. The van der Waals surface area contributed by atoms with Crippen molar-refractivity contribution in [2.24, 2.45) is 4.99 Å². The summed E-state index contributed by atoms with van der Waals surface area (Å²) < 4.78 is 2.07. The topological polar surface area (TPSA) is 70.4 Å². The van der Waals surface area contributed by atoms with Crippen molar-refractivity contribution in [2.75, 3.05) is 31.1 Å². The van der Waals surface area contributed by atoms with Crippen molar-refractivity contribution in [3.05, 3.63) is 42.5 Å². The first-order valence-corrected chi connectivity index (χ1v) is 9.51. The van der Waals surface area contributed by atoms with Crippen LogP contribution in [0.5, 0.6) is 0 Å². The Morgan fingerprint density at radius 2 is 2.07 bits per heavy atom. The lowest BCUT2D eigenvalue weighted by atomic mass is 10.3. The molecule has 1 aromatic carbocycles. The summed E-state index contributed by atoms with van der Waals surface area (Å²) in [7, 11) is 0. The van der Waals surface area contributed by atoms with Crippen molar-refractivity contribution in [1.29, 1.82) is 0 Å². The van der Waals surface area contributed by atoms with E-state index in [1.54, 1.807) is 6.33 Å². The Kier molecular flexibility index (Phi) is 8.83. The van der Waals surface area contributed by atoms with E-state index in [-0.39, 0.29) is 24.0 Å². The fourth-order valence-corrected chi connectivity index (χ4v) is 3.27. The summed E-state index contributed by atoms with van der Waals surface area (Å²) in [5, 5.41) is 15.0. The van der Waals surface area contributed by atoms with Gasteiger partial charge in [0, 0.05) is 44.3 Å². The minimum atomic E-state index is 0. The zero-order chi connectivity index (χ0) is 18.2. The molecule has 1 fully saturated rings. The second kappa shape index (κ2) is 11.1. The highest BCUT2D eigenvalue weighted by Gasteiger charge is 2.23. The largest absolute Gasteiger partial charge is 0.369 e. The number of aliphatic imine (C=N–C) groups is 1. The fraction of sp³-hybridized carbons (Fsp3) is 0.526. The van der Waals surface area contributed by atoms with E-state index in [1.807, 2.05) is 0 Å². The molecule has 148 valence electrons. The van der Waals surface area contributed by atoms with Crippen LogP contribution < -0.4 is 15.5 Å². The number of nitrogens with one attached hydrogen (secondary N) is 2. The number of rotatable bonds is 7. The first-order chi connectivity index (χ1) is 12.8. The van der Waals surface area contributed by atoms with E-state index in [0.717, 1.165) is 50.8 Å². The van der Waals surface area contributed by atoms with E-state index in [9.17, 15) is 0 Å². The molecule has 2 aromatic rings. The lowest BCUT2D eigenvalue weighted by Gasteiger charge is -2.20. The molecule has 8 heteroatoms. The van der Waals surface area contributed by atoms with Crippen LogP contribution >= 0.6 is 24.0 Å². The van der Waals surface area contributed by atoms with Crippen LogP contribution in [0.3, 0.4) is 0 Å². The summed E-state index contributed by atoms with van der Waals surface area (Å²) in [4.78, 5) is 7.15. The van der Waals surface area contributed by atoms with Gasteiger partial charge in [-0.1, -0.05) is 25.1 Å². The SMILES string of the molecule is CCNC(=NCCn1cnnc1CC)NC1CCN(c2ccccc2)C1.I. The standard InChI is InChI=1S/C19H29N7.HI/c1-3-18-24-22-15-26(18)13-11-21-19(20-4-2)23-16-10-12-25(14-16)17-8-6-5-7-9-17;/h5-9,15-16H,3-4,10-14H2,1-2H3,(H2,20,21,23);1H. The van der Waals surface area contributed by atoms with Crippen molar-refractivity contribution in [2.45, 2.75) is 39.3 Å². The van der Waals surface area contributed by atoms with E-state index >= 15 is 0 Å². The Morgan fingerprint density at radius 1 is 1.26 bits per heavy atom. The molecule has 1 saturated heterocycles. The van der Waals surface area contributed by atoms with Gasteiger partial charge in [0.25, 0.3) is 0 Å². The predicted octanol–water partition coefficient (Wildman–Crippen LogP) is 2.29. The van der Waals surface area contributed by atoms with Gasteiger partial charge in [0.1, 0.15) is 12.2 Å². The molecule has 1 aliphatic heterocycles. The molecule has 1 aliphatic rings. The van der Waals surface area contributed by atoms with Crippen LogP contribution in [0, 0.1) is 0 Å². The number of benzene rings is 1. The van der Waals surface area contributed by atoms with Gasteiger partial charge in [-0.15, -0.1) is 34.2 Å². The second-order valence-electron chi connectivity index (χ2n) is 6.47. The molecule has 3 rings (SSSR count). The molecule has 0 saturated carbocycles. The van der Waals surface area contributed by atoms with E-state index in [1.165, 1.54) is 5.69 Å². The first kappa shape index (κ1) is 21.5. The second-order valence-corrected chi connectivity index (χ2v) is 6.47. The van der Waals surface area contributed by atoms with E-state index in [2.05, 4.69) is 74.5 Å². The summed E-state index contributed by atoms with van der Waals surface area (Å²) >= 11 is 0. The lowest BCUT2D eigenvalue weighted by molar-refractivity contribution is 0.634. The molecule has 2 heterocycles. The Labute approximate surface area is 178 Å². The molecule has 0 bridgehead atoms. The molecule has 0 aliphatic carbocycles. The molecule has 1 aromatic heterocycles. The van der Waals surface area contributed by atoms with Crippen molar-refractivity contribution >= 4 is 35.6 Å². The van der Waals surface area contributed by atoms with Gasteiger partial charge in [0.15, 0.2) is 5.96 Å². The van der Waals surface area contributed by atoms with Gasteiger partial charge in [0.2, 0.25) is 0 Å². The van der Waals surface area contributed by atoms with Crippen LogP contribution in [-0.2, 0) is 13.0 Å².